The van der Waals surface area contributed by atoms with Crippen LogP contribution in [0.25, 0.3) is 0 Å². The third-order valence-corrected chi connectivity index (χ3v) is 5.39. The molecule has 0 spiro atoms. The zero-order valence-electron chi connectivity index (χ0n) is 15.0. The van der Waals surface area contributed by atoms with Gasteiger partial charge in [-0.3, -0.25) is 4.79 Å². The molecule has 3 N–H and O–H groups in total. The highest BCUT2D eigenvalue weighted by Crippen LogP contribution is 2.29. The van der Waals surface area contributed by atoms with Crippen LogP contribution >= 0.6 is 0 Å². The molecule has 26 heavy (non-hydrogen) atoms. The normalized spacial score (nSPS) is 21.9. The number of hydrogen-bond donors (Lipinski definition) is 3. The summed E-state index contributed by atoms with van der Waals surface area (Å²) in [7, 11) is 1.66. The van der Waals surface area contributed by atoms with E-state index < -0.39 is 0 Å². The molecule has 0 saturated carbocycles. The molecule has 1 aliphatic heterocycles. The van der Waals surface area contributed by atoms with E-state index in [-0.39, 0.29) is 18.0 Å². The summed E-state index contributed by atoms with van der Waals surface area (Å²) in [5.74, 6) is 0.857. The summed E-state index contributed by atoms with van der Waals surface area (Å²) >= 11 is 0. The molecule has 1 saturated heterocycles. The zero-order valence-corrected chi connectivity index (χ0v) is 15.0. The average molecular weight is 351 g/mol. The van der Waals surface area contributed by atoms with Crippen LogP contribution in [0.1, 0.15) is 42.0 Å². The molecule has 1 heterocycles. The van der Waals surface area contributed by atoms with E-state index >= 15 is 0 Å². The first-order valence-corrected chi connectivity index (χ1v) is 9.31. The first-order chi connectivity index (χ1) is 12.7. The standard InChI is InChI=1S/C21H25N3O2/c1-26-16-11-9-15(10-12-16)19-13-20(24-23-19)21(25)22-18-8-4-6-14-5-2-3-7-17(14)18/h4,6,8-12,19-20,23-24H,2-3,5,7,13H2,1H3,(H,22,25). The van der Waals surface area contributed by atoms with E-state index in [0.29, 0.717) is 6.42 Å². The number of carbonyl (C=O) groups excluding carboxylic acids is 1. The Balaban J connectivity index is 1.42. The number of benzene rings is 2. The maximum Gasteiger partial charge on any atom is 0.242 e. The molecule has 2 aliphatic rings. The Morgan fingerprint density at radius 1 is 1.08 bits per heavy atom. The van der Waals surface area contributed by atoms with Crippen LogP contribution in [0.4, 0.5) is 5.69 Å². The number of nitrogens with one attached hydrogen (secondary N) is 3. The highest BCUT2D eigenvalue weighted by molar-refractivity contribution is 5.95. The smallest absolute Gasteiger partial charge is 0.242 e. The Morgan fingerprint density at radius 3 is 2.69 bits per heavy atom. The molecule has 4 rings (SSSR count). The van der Waals surface area contributed by atoms with Crippen molar-refractivity contribution in [2.45, 2.75) is 44.2 Å². The van der Waals surface area contributed by atoms with Gasteiger partial charge in [-0.1, -0.05) is 24.3 Å². The van der Waals surface area contributed by atoms with Gasteiger partial charge in [0.05, 0.1) is 7.11 Å². The second kappa shape index (κ2) is 7.48. The van der Waals surface area contributed by atoms with Crippen molar-refractivity contribution in [1.82, 2.24) is 10.9 Å². The molecule has 0 radical (unpaired) electrons. The Kier molecular flexibility index (Phi) is 4.91. The lowest BCUT2D eigenvalue weighted by Crippen LogP contribution is -2.39. The van der Waals surface area contributed by atoms with Gasteiger partial charge in [0, 0.05) is 11.7 Å². The van der Waals surface area contributed by atoms with Crippen LogP contribution < -0.4 is 20.9 Å². The lowest BCUT2D eigenvalue weighted by molar-refractivity contribution is -0.117. The van der Waals surface area contributed by atoms with Crippen LogP contribution in [-0.2, 0) is 17.6 Å². The van der Waals surface area contributed by atoms with Crippen molar-refractivity contribution in [3.63, 3.8) is 0 Å². The molecular formula is C21H25N3O2. The molecule has 2 atom stereocenters. The quantitative estimate of drug-likeness (QED) is 0.792. The average Bonchev–Trinajstić information content (AvgIpc) is 3.19. The summed E-state index contributed by atoms with van der Waals surface area (Å²) < 4.78 is 5.20. The third-order valence-electron chi connectivity index (χ3n) is 5.39. The molecular weight excluding hydrogens is 326 g/mol. The largest absolute Gasteiger partial charge is 0.497 e. The van der Waals surface area contributed by atoms with Gasteiger partial charge in [0.25, 0.3) is 0 Å². The van der Waals surface area contributed by atoms with E-state index in [2.05, 4.69) is 22.2 Å². The van der Waals surface area contributed by atoms with E-state index in [1.807, 2.05) is 36.4 Å². The van der Waals surface area contributed by atoms with Crippen LogP contribution in [0, 0.1) is 0 Å². The molecule has 1 aliphatic carbocycles. The number of carbonyl (C=O) groups is 1. The number of hydrazine groups is 1. The molecule has 0 bridgehead atoms. The van der Waals surface area contributed by atoms with Gasteiger partial charge in [-0.25, -0.2) is 10.9 Å². The number of anilines is 1. The number of amides is 1. The van der Waals surface area contributed by atoms with E-state index in [9.17, 15) is 4.79 Å². The summed E-state index contributed by atoms with van der Waals surface area (Å²) in [5, 5.41) is 3.14. The van der Waals surface area contributed by atoms with Gasteiger partial charge in [0.15, 0.2) is 0 Å². The van der Waals surface area contributed by atoms with Crippen LogP contribution in [0.5, 0.6) is 5.75 Å². The number of methoxy groups -OCH3 is 1. The molecule has 2 aromatic rings. The van der Waals surface area contributed by atoms with Gasteiger partial charge in [0.1, 0.15) is 11.8 Å². The molecule has 5 heteroatoms. The maximum atomic E-state index is 12.7. The number of hydrogen-bond acceptors (Lipinski definition) is 4. The van der Waals surface area contributed by atoms with Gasteiger partial charge in [-0.05, 0) is 67.0 Å². The highest BCUT2D eigenvalue weighted by Gasteiger charge is 2.30. The van der Waals surface area contributed by atoms with E-state index in [4.69, 9.17) is 4.74 Å². The number of rotatable bonds is 4. The summed E-state index contributed by atoms with van der Waals surface area (Å²) in [6.45, 7) is 0. The van der Waals surface area contributed by atoms with Crippen molar-refractivity contribution >= 4 is 11.6 Å². The fourth-order valence-corrected chi connectivity index (χ4v) is 3.90. The van der Waals surface area contributed by atoms with Crippen LogP contribution in [0.3, 0.4) is 0 Å². The lowest BCUT2D eigenvalue weighted by atomic mass is 9.90. The predicted molar refractivity (Wildman–Crippen MR) is 102 cm³/mol. The zero-order chi connectivity index (χ0) is 17.9. The minimum atomic E-state index is -0.249. The SMILES string of the molecule is COc1ccc(C2CC(C(=O)Nc3cccc4c3CCCC4)NN2)cc1. The van der Waals surface area contributed by atoms with Gasteiger partial charge in [-0.2, -0.15) is 0 Å². The summed E-state index contributed by atoms with van der Waals surface area (Å²) in [6.07, 6.45) is 5.32. The minimum Gasteiger partial charge on any atom is -0.497 e. The number of ether oxygens (including phenoxy) is 1. The van der Waals surface area contributed by atoms with Crippen molar-refractivity contribution in [3.05, 3.63) is 59.2 Å². The summed E-state index contributed by atoms with van der Waals surface area (Å²) in [5.41, 5.74) is 11.2. The van der Waals surface area contributed by atoms with Crippen molar-refractivity contribution in [1.29, 1.82) is 0 Å². The monoisotopic (exact) mass is 351 g/mol. The first kappa shape index (κ1) is 17.1. The molecule has 136 valence electrons. The molecule has 1 amide bonds. The van der Waals surface area contributed by atoms with Crippen molar-refractivity contribution < 1.29 is 9.53 Å². The number of aryl methyl sites for hydroxylation is 1. The Bertz CT molecular complexity index is 788. The minimum absolute atomic E-state index is 0.0208. The second-order valence-corrected chi connectivity index (χ2v) is 7.04. The Hall–Kier alpha value is -2.37. The van der Waals surface area contributed by atoms with Gasteiger partial charge < -0.3 is 10.1 Å². The summed E-state index contributed by atoms with van der Waals surface area (Å²) in [6, 6.07) is 14.1. The lowest BCUT2D eigenvalue weighted by Gasteiger charge is -2.20. The Labute approximate surface area is 154 Å². The molecule has 2 unspecified atom stereocenters. The van der Waals surface area contributed by atoms with Crippen molar-refractivity contribution in [2.24, 2.45) is 0 Å². The van der Waals surface area contributed by atoms with E-state index in [0.717, 1.165) is 29.8 Å². The van der Waals surface area contributed by atoms with Crippen LogP contribution in [0.15, 0.2) is 42.5 Å². The van der Waals surface area contributed by atoms with Gasteiger partial charge >= 0.3 is 0 Å². The molecule has 2 aromatic carbocycles. The number of fused-ring (bicyclic) bond motifs is 1. The fourth-order valence-electron chi connectivity index (χ4n) is 3.90. The summed E-state index contributed by atoms with van der Waals surface area (Å²) in [4.78, 5) is 12.7. The van der Waals surface area contributed by atoms with Crippen LogP contribution in [-0.4, -0.2) is 19.1 Å². The second-order valence-electron chi connectivity index (χ2n) is 7.04. The molecule has 5 nitrogen and oxygen atoms in total. The van der Waals surface area contributed by atoms with Gasteiger partial charge in [-0.15, -0.1) is 0 Å². The molecule has 0 aromatic heterocycles. The van der Waals surface area contributed by atoms with Gasteiger partial charge in [0.2, 0.25) is 5.91 Å². The van der Waals surface area contributed by atoms with Crippen molar-refractivity contribution in [2.75, 3.05) is 12.4 Å². The fraction of sp³-hybridized carbons (Fsp3) is 0.381. The van der Waals surface area contributed by atoms with E-state index in [1.165, 1.54) is 24.0 Å². The maximum absolute atomic E-state index is 12.7. The first-order valence-electron chi connectivity index (χ1n) is 9.31. The van der Waals surface area contributed by atoms with E-state index in [1.54, 1.807) is 7.11 Å². The molecule has 1 fully saturated rings. The van der Waals surface area contributed by atoms with Crippen molar-refractivity contribution in [3.8, 4) is 5.75 Å². The highest BCUT2D eigenvalue weighted by atomic mass is 16.5. The third kappa shape index (κ3) is 3.45. The predicted octanol–water partition coefficient (Wildman–Crippen LogP) is 3.12. The Morgan fingerprint density at radius 2 is 1.88 bits per heavy atom. The van der Waals surface area contributed by atoms with Crippen LogP contribution in [0.2, 0.25) is 0 Å². The topological polar surface area (TPSA) is 62.4 Å².